The van der Waals surface area contributed by atoms with Gasteiger partial charge in [-0.25, -0.2) is 0 Å². The molecule has 1 saturated carbocycles. The molecule has 0 heterocycles. The third-order valence-corrected chi connectivity index (χ3v) is 3.63. The normalized spacial score (nSPS) is 43.9. The van der Waals surface area contributed by atoms with Crippen LogP contribution in [0.3, 0.4) is 0 Å². The fraction of sp³-hybridized carbons (Fsp3) is 1.00. The number of aliphatic hydroxyl groups excluding tert-OH is 2. The Kier molecular flexibility index (Phi) is 4.35. The van der Waals surface area contributed by atoms with E-state index < -0.39 is 12.2 Å². The summed E-state index contributed by atoms with van der Waals surface area (Å²) in [6.45, 7) is 4.70. The minimum Gasteiger partial charge on any atom is -0.390 e. The van der Waals surface area contributed by atoms with Gasteiger partial charge in [0.05, 0.1) is 18.8 Å². The zero-order valence-electron chi connectivity index (χ0n) is 9.31. The quantitative estimate of drug-likeness (QED) is 0.719. The van der Waals surface area contributed by atoms with E-state index >= 15 is 0 Å². The molecular weight excluding hydrogens is 180 g/mol. The van der Waals surface area contributed by atoms with Crippen molar-refractivity contribution in [2.24, 2.45) is 17.8 Å². The first kappa shape index (κ1) is 12.0. The molecule has 14 heavy (non-hydrogen) atoms. The van der Waals surface area contributed by atoms with E-state index in [9.17, 15) is 10.2 Å². The van der Waals surface area contributed by atoms with Crippen molar-refractivity contribution >= 4 is 0 Å². The van der Waals surface area contributed by atoms with Gasteiger partial charge in [-0.2, -0.15) is 0 Å². The summed E-state index contributed by atoms with van der Waals surface area (Å²) in [6, 6.07) is 0. The van der Waals surface area contributed by atoms with E-state index in [-0.39, 0.29) is 11.8 Å². The molecule has 0 radical (unpaired) electrons. The highest BCUT2D eigenvalue weighted by atomic mass is 16.5. The highest BCUT2D eigenvalue weighted by molar-refractivity contribution is 4.89. The third-order valence-electron chi connectivity index (χ3n) is 3.63. The molecule has 0 aromatic rings. The smallest absolute Gasteiger partial charge is 0.0851 e. The highest BCUT2D eigenvalue weighted by Gasteiger charge is 2.39. The van der Waals surface area contributed by atoms with E-state index in [1.807, 2.05) is 6.92 Å². The first-order valence-corrected chi connectivity index (χ1v) is 5.46. The van der Waals surface area contributed by atoms with Crippen LogP contribution in [0.25, 0.3) is 0 Å². The van der Waals surface area contributed by atoms with Crippen molar-refractivity contribution in [3.8, 4) is 0 Å². The van der Waals surface area contributed by atoms with E-state index in [2.05, 4.69) is 6.92 Å². The highest BCUT2D eigenvalue weighted by Crippen LogP contribution is 2.36. The van der Waals surface area contributed by atoms with Crippen LogP contribution in [0.4, 0.5) is 0 Å². The van der Waals surface area contributed by atoms with Crippen LogP contribution in [0.1, 0.15) is 26.7 Å². The van der Waals surface area contributed by atoms with Gasteiger partial charge >= 0.3 is 0 Å². The second kappa shape index (κ2) is 5.10. The molecule has 1 rings (SSSR count). The maximum atomic E-state index is 9.84. The van der Waals surface area contributed by atoms with Crippen molar-refractivity contribution < 1.29 is 14.9 Å². The Labute approximate surface area is 86.1 Å². The predicted octanol–water partition coefficient (Wildman–Crippen LogP) is 1.04. The second-order valence-electron chi connectivity index (χ2n) is 4.46. The lowest BCUT2D eigenvalue weighted by molar-refractivity contribution is -0.108. The number of hydrogen-bond acceptors (Lipinski definition) is 3. The molecule has 0 amide bonds. The van der Waals surface area contributed by atoms with Crippen LogP contribution < -0.4 is 0 Å². The van der Waals surface area contributed by atoms with Gasteiger partial charge in [0.25, 0.3) is 0 Å². The molecule has 1 aliphatic rings. The minimum absolute atomic E-state index is 0.0937. The molecule has 1 fully saturated rings. The standard InChI is InChI=1S/C11H22O3/c1-4-8-5-9(6-14-3)11(13)10(12)7(8)2/h7-13H,4-6H2,1-3H3/t7-,8?,9+,10-,11?/m1/s1. The van der Waals surface area contributed by atoms with Crippen molar-refractivity contribution in [2.75, 3.05) is 13.7 Å². The average Bonchev–Trinajstić information content (AvgIpc) is 2.19. The molecule has 0 aliphatic heterocycles. The van der Waals surface area contributed by atoms with Gasteiger partial charge < -0.3 is 14.9 Å². The van der Waals surface area contributed by atoms with Crippen LogP contribution in [-0.2, 0) is 4.74 Å². The fourth-order valence-electron chi connectivity index (χ4n) is 2.53. The lowest BCUT2D eigenvalue weighted by Crippen LogP contribution is -2.47. The zero-order valence-corrected chi connectivity index (χ0v) is 9.31. The molecule has 3 heteroatoms. The van der Waals surface area contributed by atoms with Gasteiger partial charge in [0.2, 0.25) is 0 Å². The monoisotopic (exact) mass is 202 g/mol. The Morgan fingerprint density at radius 2 is 1.86 bits per heavy atom. The Morgan fingerprint density at radius 3 is 2.36 bits per heavy atom. The van der Waals surface area contributed by atoms with Gasteiger partial charge in [-0.3, -0.25) is 0 Å². The van der Waals surface area contributed by atoms with E-state index in [4.69, 9.17) is 4.74 Å². The molecule has 0 spiro atoms. The van der Waals surface area contributed by atoms with Gasteiger partial charge in [-0.15, -0.1) is 0 Å². The van der Waals surface area contributed by atoms with Crippen LogP contribution in [0.15, 0.2) is 0 Å². The van der Waals surface area contributed by atoms with Gasteiger partial charge in [0.15, 0.2) is 0 Å². The number of hydrogen-bond donors (Lipinski definition) is 2. The van der Waals surface area contributed by atoms with E-state index in [0.29, 0.717) is 12.5 Å². The molecule has 2 unspecified atom stereocenters. The van der Waals surface area contributed by atoms with Gasteiger partial charge in [0, 0.05) is 13.0 Å². The topological polar surface area (TPSA) is 49.7 Å². The maximum absolute atomic E-state index is 9.84. The van der Waals surface area contributed by atoms with Crippen LogP contribution in [0, 0.1) is 17.8 Å². The maximum Gasteiger partial charge on any atom is 0.0851 e. The van der Waals surface area contributed by atoms with Crippen molar-refractivity contribution in [1.29, 1.82) is 0 Å². The number of rotatable bonds is 3. The van der Waals surface area contributed by atoms with Crippen molar-refractivity contribution in [3.05, 3.63) is 0 Å². The number of methoxy groups -OCH3 is 1. The Morgan fingerprint density at radius 1 is 1.21 bits per heavy atom. The summed E-state index contributed by atoms with van der Waals surface area (Å²) in [5.41, 5.74) is 0. The largest absolute Gasteiger partial charge is 0.390 e. The van der Waals surface area contributed by atoms with Crippen LogP contribution in [0.2, 0.25) is 0 Å². The molecule has 0 aromatic carbocycles. The Bertz CT molecular complexity index is 168. The third kappa shape index (κ3) is 2.27. The van der Waals surface area contributed by atoms with E-state index in [0.717, 1.165) is 12.8 Å². The molecule has 1 aliphatic carbocycles. The first-order chi connectivity index (χ1) is 6.61. The Hall–Kier alpha value is -0.120. The summed E-state index contributed by atoms with van der Waals surface area (Å²) in [4.78, 5) is 0. The van der Waals surface area contributed by atoms with E-state index in [1.165, 1.54) is 0 Å². The van der Waals surface area contributed by atoms with Crippen LogP contribution >= 0.6 is 0 Å². The van der Waals surface area contributed by atoms with Crippen molar-refractivity contribution in [2.45, 2.75) is 38.9 Å². The summed E-state index contributed by atoms with van der Waals surface area (Å²) >= 11 is 0. The summed E-state index contributed by atoms with van der Waals surface area (Å²) in [6.07, 6.45) is 0.816. The van der Waals surface area contributed by atoms with Crippen LogP contribution in [-0.4, -0.2) is 36.1 Å². The molecule has 0 bridgehead atoms. The van der Waals surface area contributed by atoms with Crippen LogP contribution in [0.5, 0.6) is 0 Å². The fourth-order valence-corrected chi connectivity index (χ4v) is 2.53. The molecule has 3 nitrogen and oxygen atoms in total. The minimum atomic E-state index is -0.618. The summed E-state index contributed by atoms with van der Waals surface area (Å²) in [5, 5.41) is 19.7. The van der Waals surface area contributed by atoms with Gasteiger partial charge in [-0.1, -0.05) is 20.3 Å². The van der Waals surface area contributed by atoms with Crippen molar-refractivity contribution in [3.63, 3.8) is 0 Å². The molecule has 0 saturated heterocycles. The number of aliphatic hydroxyl groups is 2. The zero-order chi connectivity index (χ0) is 10.7. The summed E-state index contributed by atoms with van der Waals surface area (Å²) < 4.78 is 5.06. The lowest BCUT2D eigenvalue weighted by Gasteiger charge is -2.41. The molecular formula is C11H22O3. The van der Waals surface area contributed by atoms with Gasteiger partial charge in [0.1, 0.15) is 0 Å². The summed E-state index contributed by atoms with van der Waals surface area (Å²) in [5.74, 6) is 0.799. The van der Waals surface area contributed by atoms with Gasteiger partial charge in [-0.05, 0) is 18.3 Å². The Balaban J connectivity index is 2.63. The number of ether oxygens (including phenoxy) is 1. The first-order valence-electron chi connectivity index (χ1n) is 5.46. The molecule has 2 N–H and O–H groups in total. The molecule has 84 valence electrons. The summed E-state index contributed by atoms with van der Waals surface area (Å²) in [7, 11) is 1.64. The molecule has 0 aromatic heterocycles. The second-order valence-corrected chi connectivity index (χ2v) is 4.46. The average molecular weight is 202 g/mol. The molecule has 5 atom stereocenters. The predicted molar refractivity (Wildman–Crippen MR) is 54.9 cm³/mol. The SMILES string of the molecule is CCC1C[C@@H](COC)C(O)[C@H](O)[C@@H]1C. The lowest BCUT2D eigenvalue weighted by atomic mass is 9.70. The van der Waals surface area contributed by atoms with E-state index in [1.54, 1.807) is 7.11 Å². The van der Waals surface area contributed by atoms with Crippen molar-refractivity contribution in [1.82, 2.24) is 0 Å².